The van der Waals surface area contributed by atoms with Crippen molar-refractivity contribution in [3.8, 4) is 17.1 Å². The molecule has 1 atom stereocenters. The van der Waals surface area contributed by atoms with Crippen molar-refractivity contribution < 1.29 is 14.1 Å². The molecule has 1 aliphatic rings. The van der Waals surface area contributed by atoms with Crippen LogP contribution in [0.5, 0.6) is 5.75 Å². The Labute approximate surface area is 145 Å². The molecule has 0 aliphatic carbocycles. The first-order valence-electron chi connectivity index (χ1n) is 8.23. The fourth-order valence-electron chi connectivity index (χ4n) is 2.95. The minimum absolute atomic E-state index is 0.0812. The van der Waals surface area contributed by atoms with Gasteiger partial charge >= 0.3 is 0 Å². The molecule has 0 spiro atoms. The van der Waals surface area contributed by atoms with Gasteiger partial charge in [0.05, 0.1) is 12.2 Å². The lowest BCUT2D eigenvalue weighted by molar-refractivity contribution is 0.0952. The number of aryl methyl sites for hydroxylation is 1. The van der Waals surface area contributed by atoms with Crippen LogP contribution in [0.1, 0.15) is 23.0 Å². The highest BCUT2D eigenvalue weighted by molar-refractivity contribution is 6.06. The molecule has 0 unspecified atom stereocenters. The van der Waals surface area contributed by atoms with Gasteiger partial charge in [0.2, 0.25) is 0 Å². The van der Waals surface area contributed by atoms with Crippen LogP contribution in [0, 0.1) is 6.92 Å². The van der Waals surface area contributed by atoms with Crippen LogP contribution in [0.25, 0.3) is 11.3 Å². The van der Waals surface area contributed by atoms with Crippen molar-refractivity contribution in [3.05, 3.63) is 65.9 Å². The van der Waals surface area contributed by atoms with E-state index in [2.05, 4.69) is 5.16 Å². The Morgan fingerprint density at radius 2 is 1.92 bits per heavy atom. The van der Waals surface area contributed by atoms with E-state index in [0.717, 1.165) is 11.3 Å². The third kappa shape index (κ3) is 2.89. The molecular weight excluding hydrogens is 316 g/mol. The van der Waals surface area contributed by atoms with E-state index in [0.29, 0.717) is 23.7 Å². The lowest BCUT2D eigenvalue weighted by atomic mass is 10.1. The first kappa shape index (κ1) is 15.4. The van der Waals surface area contributed by atoms with E-state index in [9.17, 15) is 4.79 Å². The molecule has 0 saturated carbocycles. The largest absolute Gasteiger partial charge is 0.487 e. The van der Waals surface area contributed by atoms with Gasteiger partial charge in [-0.15, -0.1) is 0 Å². The number of carbonyl (C=O) groups excluding carboxylic acids is 1. The van der Waals surface area contributed by atoms with E-state index in [4.69, 9.17) is 9.26 Å². The van der Waals surface area contributed by atoms with E-state index in [-0.39, 0.29) is 12.0 Å². The summed E-state index contributed by atoms with van der Waals surface area (Å²) in [6.45, 7) is 4.44. The second-order valence-electron chi connectivity index (χ2n) is 6.25. The number of carbonyl (C=O) groups is 1. The molecule has 2 aromatic carbocycles. The number of ether oxygens (including phenoxy) is 1. The van der Waals surface area contributed by atoms with Gasteiger partial charge in [0, 0.05) is 11.6 Å². The van der Waals surface area contributed by atoms with Crippen LogP contribution in [0.3, 0.4) is 0 Å². The summed E-state index contributed by atoms with van der Waals surface area (Å²) in [6, 6.07) is 17.1. The Morgan fingerprint density at radius 1 is 1.16 bits per heavy atom. The van der Waals surface area contributed by atoms with Gasteiger partial charge in [-0.1, -0.05) is 47.1 Å². The molecule has 1 aliphatic heterocycles. The van der Waals surface area contributed by atoms with Crippen molar-refractivity contribution >= 4 is 11.6 Å². The van der Waals surface area contributed by atoms with Gasteiger partial charge in [0.1, 0.15) is 11.9 Å². The smallest absolute Gasteiger partial charge is 0.280 e. The third-order valence-corrected chi connectivity index (χ3v) is 4.23. The molecule has 0 fully saturated rings. The Bertz CT molecular complexity index is 915. The van der Waals surface area contributed by atoms with Gasteiger partial charge in [-0.25, -0.2) is 0 Å². The molecule has 0 radical (unpaired) electrons. The molecule has 1 amide bonds. The standard InChI is InChI=1S/C20H18N2O3/c1-13-7-9-15(10-8-13)19-11-16(21-25-19)20(23)22-12-14(2)24-18-6-4-3-5-17(18)22/h3-11,14H,12H2,1-2H3/t14-/m1/s1. The zero-order valence-corrected chi connectivity index (χ0v) is 14.1. The van der Waals surface area contributed by atoms with Crippen LogP contribution in [-0.4, -0.2) is 23.7 Å². The number of nitrogens with zero attached hydrogens (tertiary/aromatic N) is 2. The predicted octanol–water partition coefficient (Wildman–Crippen LogP) is 4.08. The Kier molecular flexibility index (Phi) is 3.76. The van der Waals surface area contributed by atoms with Gasteiger partial charge in [-0.3, -0.25) is 9.69 Å². The predicted molar refractivity (Wildman–Crippen MR) is 94.9 cm³/mol. The molecule has 0 saturated heterocycles. The average molecular weight is 334 g/mol. The summed E-state index contributed by atoms with van der Waals surface area (Å²) in [5.41, 5.74) is 3.11. The first-order valence-corrected chi connectivity index (χ1v) is 8.23. The van der Waals surface area contributed by atoms with Gasteiger partial charge < -0.3 is 9.26 Å². The van der Waals surface area contributed by atoms with Crippen molar-refractivity contribution in [1.82, 2.24) is 5.16 Å². The van der Waals surface area contributed by atoms with Crippen LogP contribution < -0.4 is 9.64 Å². The molecule has 0 bridgehead atoms. The van der Waals surface area contributed by atoms with Crippen molar-refractivity contribution in [3.63, 3.8) is 0 Å². The monoisotopic (exact) mass is 334 g/mol. The minimum Gasteiger partial charge on any atom is -0.487 e. The quantitative estimate of drug-likeness (QED) is 0.709. The average Bonchev–Trinajstić information content (AvgIpc) is 3.11. The molecule has 25 heavy (non-hydrogen) atoms. The molecule has 5 nitrogen and oxygen atoms in total. The Hall–Kier alpha value is -3.08. The van der Waals surface area contributed by atoms with Crippen LogP contribution in [0.2, 0.25) is 0 Å². The lowest BCUT2D eigenvalue weighted by Gasteiger charge is -2.32. The molecule has 2 heterocycles. The number of fused-ring (bicyclic) bond motifs is 1. The minimum atomic E-state index is -0.190. The van der Waals surface area contributed by atoms with E-state index >= 15 is 0 Å². The molecule has 126 valence electrons. The van der Waals surface area contributed by atoms with Gasteiger partial charge in [-0.05, 0) is 26.0 Å². The summed E-state index contributed by atoms with van der Waals surface area (Å²) in [7, 11) is 0. The maximum absolute atomic E-state index is 13.0. The number of hydrogen-bond donors (Lipinski definition) is 0. The van der Waals surface area contributed by atoms with Crippen LogP contribution in [0.4, 0.5) is 5.69 Å². The summed E-state index contributed by atoms with van der Waals surface area (Å²) < 4.78 is 11.2. The van der Waals surface area contributed by atoms with Gasteiger partial charge in [0.25, 0.3) is 5.91 Å². The number of rotatable bonds is 2. The van der Waals surface area contributed by atoms with Crippen molar-refractivity contribution in [2.75, 3.05) is 11.4 Å². The van der Waals surface area contributed by atoms with Crippen LogP contribution in [0.15, 0.2) is 59.1 Å². The van der Waals surface area contributed by atoms with Crippen LogP contribution >= 0.6 is 0 Å². The summed E-state index contributed by atoms with van der Waals surface area (Å²) in [5.74, 6) is 1.10. The van der Waals surface area contributed by atoms with Crippen LogP contribution in [-0.2, 0) is 0 Å². The lowest BCUT2D eigenvalue weighted by Crippen LogP contribution is -2.42. The number of hydrogen-bond acceptors (Lipinski definition) is 4. The normalized spacial score (nSPS) is 16.2. The van der Waals surface area contributed by atoms with E-state index in [1.165, 1.54) is 5.56 Å². The number of para-hydroxylation sites is 2. The number of anilines is 1. The van der Waals surface area contributed by atoms with Crippen molar-refractivity contribution in [1.29, 1.82) is 0 Å². The highest BCUT2D eigenvalue weighted by Crippen LogP contribution is 2.34. The molecule has 5 heteroatoms. The Morgan fingerprint density at radius 3 is 2.72 bits per heavy atom. The zero-order chi connectivity index (χ0) is 17.4. The van der Waals surface area contributed by atoms with E-state index in [1.807, 2.05) is 62.4 Å². The number of amides is 1. The maximum Gasteiger partial charge on any atom is 0.280 e. The van der Waals surface area contributed by atoms with Gasteiger partial charge in [0.15, 0.2) is 11.5 Å². The first-order chi connectivity index (χ1) is 12.1. The summed E-state index contributed by atoms with van der Waals surface area (Å²) >= 11 is 0. The summed E-state index contributed by atoms with van der Waals surface area (Å²) in [5, 5.41) is 3.98. The molecule has 1 aromatic heterocycles. The SMILES string of the molecule is Cc1ccc(-c2cc(C(=O)N3C[C@@H](C)Oc4ccccc43)no2)cc1. The zero-order valence-electron chi connectivity index (χ0n) is 14.1. The fraction of sp³-hybridized carbons (Fsp3) is 0.200. The number of benzene rings is 2. The van der Waals surface area contributed by atoms with Gasteiger partial charge in [-0.2, -0.15) is 0 Å². The van der Waals surface area contributed by atoms with E-state index in [1.54, 1.807) is 11.0 Å². The summed E-state index contributed by atoms with van der Waals surface area (Å²) in [6.07, 6.45) is -0.0812. The topological polar surface area (TPSA) is 55.6 Å². The fourth-order valence-corrected chi connectivity index (χ4v) is 2.95. The second kappa shape index (κ2) is 6.09. The molecule has 3 aromatic rings. The molecule has 0 N–H and O–H groups in total. The Balaban J connectivity index is 1.65. The highest BCUT2D eigenvalue weighted by Gasteiger charge is 2.29. The highest BCUT2D eigenvalue weighted by atomic mass is 16.5. The third-order valence-electron chi connectivity index (χ3n) is 4.23. The second-order valence-corrected chi connectivity index (χ2v) is 6.25. The van der Waals surface area contributed by atoms with E-state index < -0.39 is 0 Å². The molecular formula is C20H18N2O3. The van der Waals surface area contributed by atoms with Crippen molar-refractivity contribution in [2.24, 2.45) is 0 Å². The summed E-state index contributed by atoms with van der Waals surface area (Å²) in [4.78, 5) is 14.6. The maximum atomic E-state index is 13.0. The molecule has 4 rings (SSSR count). The van der Waals surface area contributed by atoms with Crippen molar-refractivity contribution in [2.45, 2.75) is 20.0 Å². The number of aromatic nitrogens is 1.